The van der Waals surface area contributed by atoms with E-state index in [1.54, 1.807) is 6.21 Å². The second-order valence-corrected chi connectivity index (χ2v) is 8.80. The average molecular weight is 366 g/mol. The predicted octanol–water partition coefficient (Wildman–Crippen LogP) is 2.88. The van der Waals surface area contributed by atoms with Crippen molar-refractivity contribution < 1.29 is 13.2 Å². The van der Waals surface area contributed by atoms with Crippen LogP contribution < -0.4 is 5.43 Å². The SMILES string of the molecule is O=C(N/N=C\c1c2ccccc2cc2ccccc12)[C@@H]1CCS(=O)(=O)C1. The van der Waals surface area contributed by atoms with Crippen LogP contribution in [0.25, 0.3) is 21.5 Å². The highest BCUT2D eigenvalue weighted by atomic mass is 32.2. The third-order valence-corrected chi connectivity index (χ3v) is 6.55. The Morgan fingerprint density at radius 1 is 1.04 bits per heavy atom. The number of rotatable bonds is 3. The van der Waals surface area contributed by atoms with Crippen molar-refractivity contribution in [3.63, 3.8) is 0 Å². The van der Waals surface area contributed by atoms with Crippen LogP contribution in [0.3, 0.4) is 0 Å². The van der Waals surface area contributed by atoms with Crippen molar-refractivity contribution in [1.82, 2.24) is 5.43 Å². The van der Waals surface area contributed by atoms with E-state index in [4.69, 9.17) is 0 Å². The van der Waals surface area contributed by atoms with Gasteiger partial charge in [-0.2, -0.15) is 5.10 Å². The van der Waals surface area contributed by atoms with Crippen LogP contribution in [-0.4, -0.2) is 32.0 Å². The maximum Gasteiger partial charge on any atom is 0.244 e. The normalized spacial score (nSPS) is 19.3. The van der Waals surface area contributed by atoms with Crippen molar-refractivity contribution in [3.05, 3.63) is 60.2 Å². The zero-order valence-electron chi connectivity index (χ0n) is 14.1. The molecular formula is C20H18N2O3S. The lowest BCUT2D eigenvalue weighted by Gasteiger charge is -2.08. The second-order valence-electron chi connectivity index (χ2n) is 6.57. The molecule has 0 unspecified atom stereocenters. The van der Waals surface area contributed by atoms with Gasteiger partial charge in [0.15, 0.2) is 9.84 Å². The Hall–Kier alpha value is -2.73. The molecule has 0 bridgehead atoms. The number of sulfone groups is 1. The highest BCUT2D eigenvalue weighted by Gasteiger charge is 2.32. The van der Waals surface area contributed by atoms with Crippen molar-refractivity contribution in [3.8, 4) is 0 Å². The van der Waals surface area contributed by atoms with Gasteiger partial charge in [0.2, 0.25) is 5.91 Å². The minimum absolute atomic E-state index is 0.0722. The van der Waals surface area contributed by atoms with E-state index >= 15 is 0 Å². The fourth-order valence-corrected chi connectivity index (χ4v) is 5.18. The van der Waals surface area contributed by atoms with E-state index in [0.717, 1.165) is 27.1 Å². The maximum absolute atomic E-state index is 12.2. The summed E-state index contributed by atoms with van der Waals surface area (Å²) in [4.78, 5) is 12.2. The summed E-state index contributed by atoms with van der Waals surface area (Å²) >= 11 is 0. The van der Waals surface area contributed by atoms with E-state index in [1.165, 1.54) is 0 Å². The fourth-order valence-electron chi connectivity index (χ4n) is 3.44. The van der Waals surface area contributed by atoms with Gasteiger partial charge >= 0.3 is 0 Å². The largest absolute Gasteiger partial charge is 0.273 e. The lowest BCUT2D eigenvalue weighted by atomic mass is 9.97. The van der Waals surface area contributed by atoms with Crippen LogP contribution in [0.4, 0.5) is 0 Å². The summed E-state index contributed by atoms with van der Waals surface area (Å²) in [5, 5.41) is 8.41. The second kappa shape index (κ2) is 6.53. The first-order valence-electron chi connectivity index (χ1n) is 8.47. The molecule has 1 N–H and O–H groups in total. The Morgan fingerprint density at radius 2 is 1.65 bits per heavy atom. The van der Waals surface area contributed by atoms with E-state index in [0.29, 0.717) is 6.42 Å². The van der Waals surface area contributed by atoms with Crippen LogP contribution in [0, 0.1) is 5.92 Å². The Labute approximate surface area is 151 Å². The molecule has 1 aliphatic rings. The topological polar surface area (TPSA) is 75.6 Å². The molecule has 5 nitrogen and oxygen atoms in total. The number of carbonyl (C=O) groups excluding carboxylic acids is 1. The molecule has 1 saturated heterocycles. The molecule has 0 spiro atoms. The molecule has 26 heavy (non-hydrogen) atoms. The van der Waals surface area contributed by atoms with E-state index in [2.05, 4.69) is 16.6 Å². The van der Waals surface area contributed by atoms with Crippen LogP contribution in [0.15, 0.2) is 59.7 Å². The molecule has 132 valence electrons. The Balaban J connectivity index is 1.65. The summed E-state index contributed by atoms with van der Waals surface area (Å²) in [5.41, 5.74) is 3.44. The first-order valence-corrected chi connectivity index (χ1v) is 10.3. The lowest BCUT2D eigenvalue weighted by molar-refractivity contribution is -0.124. The standard InChI is InChI=1S/C20H18N2O3S/c23-20(16-9-10-26(24,25)13-16)22-21-12-19-17-7-3-1-5-14(17)11-15-6-2-4-8-18(15)19/h1-8,11-12,16H,9-10,13H2,(H,22,23)/b21-12-/t16-/m1/s1. The minimum atomic E-state index is -3.09. The number of hydrazone groups is 1. The molecule has 1 amide bonds. The molecule has 3 aromatic rings. The predicted molar refractivity (Wildman–Crippen MR) is 104 cm³/mol. The number of fused-ring (bicyclic) bond motifs is 2. The zero-order valence-corrected chi connectivity index (χ0v) is 14.9. The van der Waals surface area contributed by atoms with Crippen molar-refractivity contribution in [2.45, 2.75) is 6.42 Å². The third-order valence-electron chi connectivity index (χ3n) is 4.78. The van der Waals surface area contributed by atoms with Crippen molar-refractivity contribution >= 4 is 43.5 Å². The van der Waals surface area contributed by atoms with Gasteiger partial charge in [-0.3, -0.25) is 4.79 Å². The number of amides is 1. The van der Waals surface area contributed by atoms with Crippen LogP contribution in [0.5, 0.6) is 0 Å². The third kappa shape index (κ3) is 3.20. The summed E-state index contributed by atoms with van der Waals surface area (Å²) in [5.74, 6) is -0.873. The van der Waals surface area contributed by atoms with Crippen molar-refractivity contribution in [1.29, 1.82) is 0 Å². The Kier molecular flexibility index (Phi) is 4.20. The Morgan fingerprint density at radius 3 is 2.23 bits per heavy atom. The summed E-state index contributed by atoms with van der Waals surface area (Å²) in [7, 11) is -3.09. The van der Waals surface area contributed by atoms with Gasteiger partial charge in [0.05, 0.1) is 23.6 Å². The molecule has 4 rings (SSSR count). The molecular weight excluding hydrogens is 348 g/mol. The summed E-state index contributed by atoms with van der Waals surface area (Å²) in [6.07, 6.45) is 2.01. The smallest absolute Gasteiger partial charge is 0.244 e. The molecule has 3 aromatic carbocycles. The zero-order chi connectivity index (χ0) is 18.1. The first kappa shape index (κ1) is 16.7. The van der Waals surface area contributed by atoms with Crippen LogP contribution in [-0.2, 0) is 14.6 Å². The first-order chi connectivity index (χ1) is 12.5. The summed E-state index contributed by atoms with van der Waals surface area (Å²) < 4.78 is 23.0. The molecule has 0 saturated carbocycles. The van der Waals surface area contributed by atoms with Crippen LogP contribution >= 0.6 is 0 Å². The average Bonchev–Trinajstić information content (AvgIpc) is 3.01. The van der Waals surface area contributed by atoms with Crippen LogP contribution in [0.2, 0.25) is 0 Å². The molecule has 0 aromatic heterocycles. The van der Waals surface area contributed by atoms with Crippen molar-refractivity contribution in [2.75, 3.05) is 11.5 Å². The van der Waals surface area contributed by atoms with Gasteiger partial charge in [-0.15, -0.1) is 0 Å². The van der Waals surface area contributed by atoms with Gasteiger partial charge in [-0.25, -0.2) is 13.8 Å². The maximum atomic E-state index is 12.2. The molecule has 1 atom stereocenters. The minimum Gasteiger partial charge on any atom is -0.273 e. The highest BCUT2D eigenvalue weighted by Crippen LogP contribution is 2.27. The highest BCUT2D eigenvalue weighted by molar-refractivity contribution is 7.91. The van der Waals surface area contributed by atoms with E-state index in [9.17, 15) is 13.2 Å². The van der Waals surface area contributed by atoms with E-state index in [1.807, 2.05) is 48.5 Å². The van der Waals surface area contributed by atoms with Gasteiger partial charge in [-0.1, -0.05) is 48.5 Å². The monoisotopic (exact) mass is 366 g/mol. The number of nitrogens with zero attached hydrogens (tertiary/aromatic N) is 1. The molecule has 1 heterocycles. The van der Waals surface area contributed by atoms with Gasteiger partial charge in [0.1, 0.15) is 0 Å². The molecule has 1 fully saturated rings. The van der Waals surface area contributed by atoms with Gasteiger partial charge in [0.25, 0.3) is 0 Å². The molecule has 0 radical (unpaired) electrons. The number of hydrogen-bond acceptors (Lipinski definition) is 4. The molecule has 1 aliphatic heterocycles. The summed E-state index contributed by atoms with van der Waals surface area (Å²) in [6.45, 7) is 0. The van der Waals surface area contributed by atoms with Crippen molar-refractivity contribution in [2.24, 2.45) is 11.0 Å². The van der Waals surface area contributed by atoms with Gasteiger partial charge < -0.3 is 0 Å². The number of carbonyl (C=O) groups is 1. The van der Waals surface area contributed by atoms with Crippen LogP contribution in [0.1, 0.15) is 12.0 Å². The van der Waals surface area contributed by atoms with E-state index in [-0.39, 0.29) is 17.4 Å². The fraction of sp³-hybridized carbons (Fsp3) is 0.200. The van der Waals surface area contributed by atoms with Gasteiger partial charge in [0, 0.05) is 5.56 Å². The Bertz CT molecular complexity index is 1080. The number of benzene rings is 3. The molecule has 0 aliphatic carbocycles. The molecule has 6 heteroatoms. The number of nitrogens with one attached hydrogen (secondary N) is 1. The summed E-state index contributed by atoms with van der Waals surface area (Å²) in [6, 6.07) is 18.2. The lowest BCUT2D eigenvalue weighted by Crippen LogP contribution is -2.27. The number of hydrogen-bond donors (Lipinski definition) is 1. The van der Waals surface area contributed by atoms with E-state index < -0.39 is 15.8 Å². The quantitative estimate of drug-likeness (QED) is 0.440. The van der Waals surface area contributed by atoms with Gasteiger partial charge in [-0.05, 0) is 34.0 Å².